The van der Waals surface area contributed by atoms with Crippen molar-refractivity contribution in [3.05, 3.63) is 0 Å². The summed E-state index contributed by atoms with van der Waals surface area (Å²) in [5.74, 6) is 0. The molecule has 0 aromatic carbocycles. The zero-order chi connectivity index (χ0) is 13.6. The van der Waals surface area contributed by atoms with Gasteiger partial charge in [0, 0.05) is 34.6 Å². The van der Waals surface area contributed by atoms with Crippen LogP contribution in [0.3, 0.4) is 0 Å². The van der Waals surface area contributed by atoms with E-state index < -0.39 is 7.82 Å². The summed E-state index contributed by atoms with van der Waals surface area (Å²) in [5, 5.41) is 0.690. The fourth-order valence-corrected chi connectivity index (χ4v) is 5.78. The van der Waals surface area contributed by atoms with E-state index in [0.717, 1.165) is 49.8 Å². The second-order valence-corrected chi connectivity index (χ2v) is 9.18. The third kappa shape index (κ3) is 6.40. The Morgan fingerprint density at radius 3 is 1.53 bits per heavy atom. The zero-order valence-electron chi connectivity index (χ0n) is 11.2. The second kappa shape index (κ2) is 8.30. The topological polar surface area (TPSA) is 55.8 Å². The molecule has 0 aromatic rings. The normalized spacial score (nSPS) is 23.6. The summed E-state index contributed by atoms with van der Waals surface area (Å²) in [6, 6.07) is 0. The predicted octanol–water partition coefficient (Wildman–Crippen LogP) is 5.08. The van der Waals surface area contributed by atoms with Crippen molar-refractivity contribution in [2.45, 2.75) is 74.7 Å². The van der Waals surface area contributed by atoms with E-state index in [1.807, 2.05) is 0 Å². The Balaban J connectivity index is 1.64. The van der Waals surface area contributed by atoms with Crippen molar-refractivity contribution in [1.29, 1.82) is 0 Å². The molecular formula is C12H23O4PS2. The molecular weight excluding hydrogens is 303 g/mol. The molecule has 7 heteroatoms. The minimum atomic E-state index is -3.90. The molecule has 2 fully saturated rings. The maximum Gasteiger partial charge on any atom is 0.494 e. The molecule has 0 aliphatic heterocycles. The van der Waals surface area contributed by atoms with Crippen LogP contribution in [0.2, 0.25) is 0 Å². The fourth-order valence-electron chi connectivity index (χ4n) is 2.57. The third-order valence-electron chi connectivity index (χ3n) is 3.65. The highest BCUT2D eigenvalue weighted by Crippen LogP contribution is 2.53. The molecule has 0 spiro atoms. The van der Waals surface area contributed by atoms with Crippen molar-refractivity contribution in [3.8, 4) is 0 Å². The van der Waals surface area contributed by atoms with Crippen molar-refractivity contribution in [1.82, 2.24) is 0 Å². The zero-order valence-corrected chi connectivity index (χ0v) is 13.7. The molecule has 112 valence electrons. The first-order valence-corrected chi connectivity index (χ1v) is 10.3. The van der Waals surface area contributed by atoms with Gasteiger partial charge in [0.2, 0.25) is 0 Å². The maximum absolute atomic E-state index is 11.8. The Kier molecular flexibility index (Phi) is 7.07. The molecule has 0 saturated heterocycles. The van der Waals surface area contributed by atoms with E-state index in [1.54, 1.807) is 0 Å². The van der Waals surface area contributed by atoms with Gasteiger partial charge < -0.3 is 4.89 Å². The van der Waals surface area contributed by atoms with Gasteiger partial charge in [0.25, 0.3) is 0 Å². The van der Waals surface area contributed by atoms with Crippen LogP contribution in [0.5, 0.6) is 0 Å². The van der Waals surface area contributed by atoms with E-state index in [4.69, 9.17) is 7.94 Å². The molecule has 1 N–H and O–H groups in total. The van der Waals surface area contributed by atoms with E-state index >= 15 is 0 Å². The number of phosphoric acid groups is 1. The molecule has 2 aliphatic rings. The largest absolute Gasteiger partial charge is 0.494 e. The van der Waals surface area contributed by atoms with Gasteiger partial charge in [-0.2, -0.15) is 0 Å². The summed E-state index contributed by atoms with van der Waals surface area (Å²) in [4.78, 5) is 9.65. The van der Waals surface area contributed by atoms with Crippen molar-refractivity contribution in [2.24, 2.45) is 0 Å². The summed E-state index contributed by atoms with van der Waals surface area (Å²) in [7, 11) is -3.90. The lowest BCUT2D eigenvalue weighted by molar-refractivity contribution is 0.319. The minimum absolute atomic E-state index is 0.345. The highest BCUT2D eigenvalue weighted by atomic mass is 32.2. The highest BCUT2D eigenvalue weighted by Gasteiger charge is 2.28. The van der Waals surface area contributed by atoms with Crippen LogP contribution in [0.25, 0.3) is 0 Å². The monoisotopic (exact) mass is 326 g/mol. The van der Waals surface area contributed by atoms with E-state index in [2.05, 4.69) is 0 Å². The molecule has 0 unspecified atom stereocenters. The molecule has 0 heterocycles. The lowest BCUT2D eigenvalue weighted by Crippen LogP contribution is -2.09. The van der Waals surface area contributed by atoms with Gasteiger partial charge in [-0.3, -0.25) is 0 Å². The lowest BCUT2D eigenvalue weighted by atomic mass is 10.0. The molecule has 0 amide bonds. The third-order valence-corrected chi connectivity index (χ3v) is 7.33. The number of hydrogen-bond acceptors (Lipinski definition) is 5. The molecule has 2 rings (SSSR count). The van der Waals surface area contributed by atoms with Gasteiger partial charge in [-0.25, -0.2) is 12.5 Å². The summed E-state index contributed by atoms with van der Waals surface area (Å²) >= 11 is 2.28. The van der Waals surface area contributed by atoms with Gasteiger partial charge in [-0.15, -0.1) is 0 Å². The SMILES string of the molecule is O=P(O)(OSC1CCCCC1)OSC1CCCCC1. The summed E-state index contributed by atoms with van der Waals surface area (Å²) < 4.78 is 21.9. The average Bonchev–Trinajstić information content (AvgIpc) is 2.46. The summed E-state index contributed by atoms with van der Waals surface area (Å²) in [6.45, 7) is 0. The van der Waals surface area contributed by atoms with Gasteiger partial charge in [-0.05, 0) is 25.7 Å². The summed E-state index contributed by atoms with van der Waals surface area (Å²) in [5.41, 5.74) is 0. The average molecular weight is 326 g/mol. The number of hydrogen-bond donors (Lipinski definition) is 1. The molecule has 0 atom stereocenters. The lowest BCUT2D eigenvalue weighted by Gasteiger charge is -2.23. The van der Waals surface area contributed by atoms with E-state index in [9.17, 15) is 9.46 Å². The van der Waals surface area contributed by atoms with Crippen LogP contribution in [-0.2, 0) is 12.5 Å². The fraction of sp³-hybridized carbons (Fsp3) is 1.00. The Bertz CT molecular complexity index is 278. The van der Waals surface area contributed by atoms with Gasteiger partial charge in [0.15, 0.2) is 0 Å². The Hall–Kier alpha value is 0.810. The van der Waals surface area contributed by atoms with Crippen LogP contribution >= 0.6 is 31.9 Å². The van der Waals surface area contributed by atoms with Crippen LogP contribution in [0, 0.1) is 0 Å². The first-order chi connectivity index (χ1) is 9.16. The van der Waals surface area contributed by atoms with Crippen molar-refractivity contribution in [2.75, 3.05) is 0 Å². The smallest absolute Gasteiger partial charge is 0.301 e. The van der Waals surface area contributed by atoms with Crippen LogP contribution in [-0.4, -0.2) is 15.4 Å². The quantitative estimate of drug-likeness (QED) is 0.542. The molecule has 4 nitrogen and oxygen atoms in total. The van der Waals surface area contributed by atoms with Crippen LogP contribution in [0.15, 0.2) is 0 Å². The van der Waals surface area contributed by atoms with E-state index in [0.29, 0.717) is 10.5 Å². The van der Waals surface area contributed by atoms with Crippen LogP contribution < -0.4 is 0 Å². The van der Waals surface area contributed by atoms with Crippen molar-refractivity contribution in [3.63, 3.8) is 0 Å². The summed E-state index contributed by atoms with van der Waals surface area (Å²) in [6.07, 6.45) is 11.6. The highest BCUT2D eigenvalue weighted by molar-refractivity contribution is 8.01. The van der Waals surface area contributed by atoms with E-state index in [-0.39, 0.29) is 0 Å². The van der Waals surface area contributed by atoms with Crippen LogP contribution in [0.1, 0.15) is 64.2 Å². The molecule has 2 aliphatic carbocycles. The van der Waals surface area contributed by atoms with Gasteiger partial charge in [0.05, 0.1) is 0 Å². The Morgan fingerprint density at radius 2 is 1.16 bits per heavy atom. The predicted molar refractivity (Wildman–Crippen MR) is 80.9 cm³/mol. The standard InChI is InChI=1S/C12H23O4PS2/c13-17(14,15-18-11-7-3-1-4-8-11)16-19-12-9-5-2-6-10-12/h11-12H,1-10H2,(H,13,14). The first kappa shape index (κ1) is 16.2. The second-order valence-electron chi connectivity index (χ2n) is 5.33. The van der Waals surface area contributed by atoms with Crippen molar-refractivity contribution < 1.29 is 17.4 Å². The first-order valence-electron chi connectivity index (χ1n) is 7.19. The van der Waals surface area contributed by atoms with Crippen LogP contribution in [0.4, 0.5) is 0 Å². The molecule has 0 radical (unpaired) electrons. The molecule has 19 heavy (non-hydrogen) atoms. The van der Waals surface area contributed by atoms with Gasteiger partial charge in [-0.1, -0.05) is 38.5 Å². The van der Waals surface area contributed by atoms with Crippen molar-refractivity contribution >= 4 is 31.9 Å². The van der Waals surface area contributed by atoms with Gasteiger partial charge in [0.1, 0.15) is 0 Å². The molecule has 2 saturated carbocycles. The number of rotatable bonds is 6. The minimum Gasteiger partial charge on any atom is -0.301 e. The molecule has 0 bridgehead atoms. The Labute approximate surface area is 124 Å². The maximum atomic E-state index is 11.8. The Morgan fingerprint density at radius 1 is 0.789 bits per heavy atom. The molecule has 0 aromatic heterocycles. The van der Waals surface area contributed by atoms with Gasteiger partial charge >= 0.3 is 7.82 Å². The van der Waals surface area contributed by atoms with E-state index in [1.165, 1.54) is 38.5 Å².